The molecule has 62 valence electrons. The Kier molecular flexibility index (Phi) is 2.93. The molecule has 0 radical (unpaired) electrons. The molecule has 1 fully saturated rings. The summed E-state index contributed by atoms with van der Waals surface area (Å²) in [6.45, 7) is 2.06. The number of hydrogen-bond acceptors (Lipinski definition) is 3. The van der Waals surface area contributed by atoms with Gasteiger partial charge in [-0.15, -0.1) is 11.8 Å². The zero-order valence-electron chi connectivity index (χ0n) is 6.42. The predicted octanol–water partition coefficient (Wildman–Crippen LogP) is 0.545. The largest absolute Gasteiger partial charge is 0.295 e. The quantitative estimate of drug-likeness (QED) is 0.634. The highest BCUT2D eigenvalue weighted by Gasteiger charge is 2.30. The van der Waals surface area contributed by atoms with Crippen molar-refractivity contribution >= 4 is 23.6 Å². The summed E-state index contributed by atoms with van der Waals surface area (Å²) in [4.78, 5) is 21.6. The van der Waals surface area contributed by atoms with Crippen LogP contribution in [0.3, 0.4) is 0 Å². The second-order valence-corrected chi connectivity index (χ2v) is 3.79. The molecule has 1 rings (SSSR count). The van der Waals surface area contributed by atoms with E-state index in [1.54, 1.807) is 11.8 Å². The summed E-state index contributed by atoms with van der Waals surface area (Å²) in [6, 6.07) is 0. The normalized spacial score (nSPS) is 23.9. The molecular formula is C7H11NO2S. The fourth-order valence-electron chi connectivity index (χ4n) is 0.925. The molecule has 1 N–H and O–H groups in total. The maximum atomic E-state index is 10.9. The van der Waals surface area contributed by atoms with Crippen LogP contribution < -0.4 is 5.32 Å². The Morgan fingerprint density at radius 3 is 2.82 bits per heavy atom. The van der Waals surface area contributed by atoms with Gasteiger partial charge in [-0.25, -0.2) is 0 Å². The van der Waals surface area contributed by atoms with Crippen LogP contribution in [-0.4, -0.2) is 22.8 Å². The average molecular weight is 173 g/mol. The van der Waals surface area contributed by atoms with Crippen molar-refractivity contribution in [3.05, 3.63) is 0 Å². The Morgan fingerprint density at radius 2 is 2.36 bits per heavy atom. The molecule has 0 spiro atoms. The SMILES string of the molecule is CCCSC1CC(=O)NC1=O. The van der Waals surface area contributed by atoms with E-state index in [0.717, 1.165) is 12.2 Å². The standard InChI is InChI=1S/C7H11NO2S/c1-2-3-11-5-4-6(9)8-7(5)10/h5H,2-4H2,1H3,(H,8,9,10). The lowest BCUT2D eigenvalue weighted by Gasteiger charge is -2.02. The lowest BCUT2D eigenvalue weighted by Crippen LogP contribution is -2.23. The van der Waals surface area contributed by atoms with Gasteiger partial charge in [-0.1, -0.05) is 6.92 Å². The maximum absolute atomic E-state index is 10.9. The number of nitrogens with one attached hydrogen (secondary N) is 1. The number of imide groups is 1. The molecule has 1 saturated heterocycles. The van der Waals surface area contributed by atoms with E-state index in [-0.39, 0.29) is 17.1 Å². The second kappa shape index (κ2) is 3.76. The van der Waals surface area contributed by atoms with E-state index >= 15 is 0 Å². The van der Waals surface area contributed by atoms with Crippen molar-refractivity contribution in [2.45, 2.75) is 25.0 Å². The van der Waals surface area contributed by atoms with E-state index in [1.165, 1.54) is 0 Å². The molecule has 0 aromatic rings. The monoisotopic (exact) mass is 173 g/mol. The fraction of sp³-hybridized carbons (Fsp3) is 0.714. The fourth-order valence-corrected chi connectivity index (χ4v) is 1.92. The van der Waals surface area contributed by atoms with Gasteiger partial charge >= 0.3 is 0 Å². The summed E-state index contributed by atoms with van der Waals surface area (Å²) in [6.07, 6.45) is 1.41. The van der Waals surface area contributed by atoms with Crippen molar-refractivity contribution in [2.75, 3.05) is 5.75 Å². The highest BCUT2D eigenvalue weighted by atomic mass is 32.2. The second-order valence-electron chi connectivity index (χ2n) is 2.48. The van der Waals surface area contributed by atoms with Gasteiger partial charge < -0.3 is 0 Å². The van der Waals surface area contributed by atoms with Crippen LogP contribution in [0.2, 0.25) is 0 Å². The van der Waals surface area contributed by atoms with Crippen molar-refractivity contribution < 1.29 is 9.59 Å². The highest BCUT2D eigenvalue weighted by Crippen LogP contribution is 2.19. The molecular weight excluding hydrogens is 162 g/mol. The first-order chi connectivity index (χ1) is 5.24. The van der Waals surface area contributed by atoms with Gasteiger partial charge in [0, 0.05) is 6.42 Å². The third-order valence-corrected chi connectivity index (χ3v) is 2.88. The molecule has 11 heavy (non-hydrogen) atoms. The van der Waals surface area contributed by atoms with E-state index in [4.69, 9.17) is 0 Å². The van der Waals surface area contributed by atoms with Gasteiger partial charge in [0.25, 0.3) is 0 Å². The molecule has 1 aliphatic heterocycles. The van der Waals surface area contributed by atoms with Gasteiger partial charge in [-0.05, 0) is 12.2 Å². The van der Waals surface area contributed by atoms with Gasteiger partial charge in [-0.3, -0.25) is 14.9 Å². The first-order valence-electron chi connectivity index (χ1n) is 3.69. The third-order valence-electron chi connectivity index (χ3n) is 1.45. The topological polar surface area (TPSA) is 46.2 Å². The minimum atomic E-state index is -0.136. The number of carbonyl (C=O) groups excluding carboxylic acids is 2. The van der Waals surface area contributed by atoms with Crippen LogP contribution in [0.25, 0.3) is 0 Å². The number of rotatable bonds is 3. The summed E-state index contributed by atoms with van der Waals surface area (Å²) in [5.41, 5.74) is 0. The minimum Gasteiger partial charge on any atom is -0.295 e. The van der Waals surface area contributed by atoms with E-state index in [1.807, 2.05) is 0 Å². The smallest absolute Gasteiger partial charge is 0.240 e. The number of hydrogen-bond donors (Lipinski definition) is 1. The molecule has 3 nitrogen and oxygen atoms in total. The van der Waals surface area contributed by atoms with Crippen molar-refractivity contribution in [3.8, 4) is 0 Å². The molecule has 0 saturated carbocycles. The minimum absolute atomic E-state index is 0.117. The summed E-state index contributed by atoms with van der Waals surface area (Å²) in [5.74, 6) is 0.697. The zero-order chi connectivity index (χ0) is 8.27. The molecule has 0 bridgehead atoms. The summed E-state index contributed by atoms with van der Waals surface area (Å²) < 4.78 is 0. The summed E-state index contributed by atoms with van der Waals surface area (Å²) >= 11 is 1.56. The van der Waals surface area contributed by atoms with Crippen molar-refractivity contribution in [3.63, 3.8) is 0 Å². The van der Waals surface area contributed by atoms with Crippen molar-refractivity contribution in [1.29, 1.82) is 0 Å². The lowest BCUT2D eigenvalue weighted by atomic mass is 10.4. The van der Waals surface area contributed by atoms with Gasteiger partial charge in [-0.2, -0.15) is 0 Å². The van der Waals surface area contributed by atoms with Crippen LogP contribution >= 0.6 is 11.8 Å². The van der Waals surface area contributed by atoms with Crippen LogP contribution in [0, 0.1) is 0 Å². The summed E-state index contributed by atoms with van der Waals surface area (Å²) in [7, 11) is 0. The molecule has 0 aromatic carbocycles. The molecule has 1 aliphatic rings. The number of amides is 2. The number of carbonyl (C=O) groups is 2. The van der Waals surface area contributed by atoms with Crippen LogP contribution in [-0.2, 0) is 9.59 Å². The van der Waals surface area contributed by atoms with E-state index in [9.17, 15) is 9.59 Å². The van der Waals surface area contributed by atoms with E-state index in [0.29, 0.717) is 6.42 Å². The molecule has 0 aromatic heterocycles. The molecule has 1 unspecified atom stereocenters. The van der Waals surface area contributed by atoms with Crippen molar-refractivity contribution in [1.82, 2.24) is 5.32 Å². The van der Waals surface area contributed by atoms with Crippen LogP contribution in [0.15, 0.2) is 0 Å². The van der Waals surface area contributed by atoms with E-state index < -0.39 is 0 Å². The Labute approximate surface area is 69.9 Å². The Bertz CT molecular complexity index is 181. The predicted molar refractivity (Wildman–Crippen MR) is 44.3 cm³/mol. The van der Waals surface area contributed by atoms with Crippen molar-refractivity contribution in [2.24, 2.45) is 0 Å². The van der Waals surface area contributed by atoms with Gasteiger partial charge in [0.05, 0.1) is 5.25 Å². The van der Waals surface area contributed by atoms with Crippen LogP contribution in [0.4, 0.5) is 0 Å². The number of thioether (sulfide) groups is 1. The first kappa shape index (κ1) is 8.59. The lowest BCUT2D eigenvalue weighted by molar-refractivity contribution is -0.124. The molecule has 1 heterocycles. The third kappa shape index (κ3) is 2.22. The van der Waals surface area contributed by atoms with Crippen LogP contribution in [0.1, 0.15) is 19.8 Å². The van der Waals surface area contributed by atoms with Crippen LogP contribution in [0.5, 0.6) is 0 Å². The highest BCUT2D eigenvalue weighted by molar-refractivity contribution is 8.00. The molecule has 0 aliphatic carbocycles. The Balaban J connectivity index is 2.34. The van der Waals surface area contributed by atoms with E-state index in [2.05, 4.69) is 12.2 Å². The molecule has 2 amide bonds. The maximum Gasteiger partial charge on any atom is 0.240 e. The first-order valence-corrected chi connectivity index (χ1v) is 4.74. The molecule has 4 heteroatoms. The Morgan fingerprint density at radius 1 is 1.64 bits per heavy atom. The van der Waals surface area contributed by atoms with Gasteiger partial charge in [0.15, 0.2) is 0 Å². The summed E-state index contributed by atoms with van der Waals surface area (Å²) in [5, 5.41) is 2.15. The zero-order valence-corrected chi connectivity index (χ0v) is 7.24. The molecule has 1 atom stereocenters. The Hall–Kier alpha value is -0.510. The average Bonchev–Trinajstić information content (AvgIpc) is 2.26. The van der Waals surface area contributed by atoms with Gasteiger partial charge in [0.1, 0.15) is 0 Å². The van der Waals surface area contributed by atoms with Gasteiger partial charge in [0.2, 0.25) is 11.8 Å².